The molecule has 0 aliphatic rings. The van der Waals surface area contributed by atoms with Gasteiger partial charge in [0.15, 0.2) is 5.78 Å². The molecule has 0 fully saturated rings. The van der Waals surface area contributed by atoms with Crippen LogP contribution in [-0.4, -0.2) is 20.3 Å². The molecule has 0 aliphatic heterocycles. The van der Waals surface area contributed by atoms with Crippen molar-refractivity contribution >= 4 is 5.78 Å². The summed E-state index contributed by atoms with van der Waals surface area (Å²) in [6.45, 7) is 6.12. The third-order valence-electron chi connectivity index (χ3n) is 5.50. The smallest absolute Gasteiger partial charge is 0.167 e. The van der Waals surface area contributed by atoms with Gasteiger partial charge in [-0.3, -0.25) is 9.78 Å². The summed E-state index contributed by atoms with van der Waals surface area (Å²) in [4.78, 5) is 21.4. The van der Waals surface area contributed by atoms with Gasteiger partial charge in [-0.05, 0) is 61.7 Å². The third-order valence-corrected chi connectivity index (χ3v) is 5.50. The number of rotatable bonds is 4. The van der Waals surface area contributed by atoms with Gasteiger partial charge in [-0.15, -0.1) is 0 Å². The topological polar surface area (TPSA) is 47.8 Å². The average molecular weight is 406 g/mol. The van der Waals surface area contributed by atoms with Crippen LogP contribution in [0, 0.1) is 32.6 Å². The molecule has 0 spiro atoms. The minimum atomic E-state index is 0.0652. The van der Waals surface area contributed by atoms with Crippen LogP contribution >= 0.6 is 0 Å². The van der Waals surface area contributed by atoms with Gasteiger partial charge in [-0.2, -0.15) is 0 Å². The zero-order valence-electron chi connectivity index (χ0n) is 17.9. The Balaban J connectivity index is 1.54. The van der Waals surface area contributed by atoms with Crippen molar-refractivity contribution in [1.82, 2.24) is 14.5 Å². The third kappa shape index (κ3) is 4.62. The molecule has 0 bridgehead atoms. The fourth-order valence-corrected chi connectivity index (χ4v) is 3.39. The molecule has 4 aromatic rings. The van der Waals surface area contributed by atoms with E-state index in [4.69, 9.17) is 0 Å². The maximum atomic E-state index is 12.9. The number of aryl methyl sites for hydroxylation is 1. The Hall–Kier alpha value is -3.97. The summed E-state index contributed by atoms with van der Waals surface area (Å²) >= 11 is 0. The largest absolute Gasteiger partial charge is 0.306 e. The number of carbonyl (C=O) groups excluding carboxylic acids is 1. The molecule has 0 atom stereocenters. The van der Waals surface area contributed by atoms with Crippen LogP contribution in [0.15, 0.2) is 73.4 Å². The fourth-order valence-electron chi connectivity index (χ4n) is 3.39. The Morgan fingerprint density at radius 2 is 1.84 bits per heavy atom. The first-order valence-electron chi connectivity index (χ1n) is 10.2. The van der Waals surface area contributed by atoms with Crippen LogP contribution in [0.25, 0.3) is 5.69 Å². The van der Waals surface area contributed by atoms with E-state index in [1.165, 1.54) is 0 Å². The second kappa shape index (κ2) is 8.81. The first kappa shape index (κ1) is 20.3. The zero-order chi connectivity index (χ0) is 21.8. The lowest BCUT2D eigenvalue weighted by atomic mass is 10.0. The van der Waals surface area contributed by atoms with E-state index in [1.807, 2.05) is 72.4 Å². The standard InChI is InChI=1S/C27H23N3O/c1-19-20(2)25(17-29-21(19)3)11-10-22-6-4-8-24(14-22)27(31)16-23-7-5-9-26(15-23)30-13-12-28-18-30/h4-9,12-15,17-18H,16H2,1-3H3. The predicted molar refractivity (Wildman–Crippen MR) is 122 cm³/mol. The molecular formula is C27H23N3O. The van der Waals surface area contributed by atoms with Gasteiger partial charge in [-0.1, -0.05) is 36.1 Å². The highest BCUT2D eigenvalue weighted by atomic mass is 16.1. The minimum Gasteiger partial charge on any atom is -0.306 e. The van der Waals surface area contributed by atoms with E-state index in [9.17, 15) is 4.79 Å². The van der Waals surface area contributed by atoms with Gasteiger partial charge in [0, 0.05) is 53.1 Å². The SMILES string of the molecule is Cc1ncc(C#Cc2cccc(C(=O)Cc3cccc(-n4ccnc4)c3)c2)c(C)c1C. The Morgan fingerprint density at radius 3 is 2.65 bits per heavy atom. The Kier molecular flexibility index (Phi) is 5.77. The lowest BCUT2D eigenvalue weighted by Crippen LogP contribution is -2.04. The molecule has 4 heteroatoms. The van der Waals surface area contributed by atoms with E-state index in [-0.39, 0.29) is 5.78 Å². The molecule has 0 amide bonds. The Labute approximate surface area is 182 Å². The highest BCUT2D eigenvalue weighted by Gasteiger charge is 2.09. The number of aromatic nitrogens is 3. The van der Waals surface area contributed by atoms with Gasteiger partial charge in [0.25, 0.3) is 0 Å². The Morgan fingerprint density at radius 1 is 1.00 bits per heavy atom. The van der Waals surface area contributed by atoms with Crippen LogP contribution in [0.2, 0.25) is 0 Å². The first-order chi connectivity index (χ1) is 15.0. The molecular weight excluding hydrogens is 382 g/mol. The van der Waals surface area contributed by atoms with E-state index in [2.05, 4.69) is 35.7 Å². The quantitative estimate of drug-likeness (QED) is 0.354. The Bertz CT molecular complexity index is 1310. The lowest BCUT2D eigenvalue weighted by molar-refractivity contribution is 0.0993. The van der Waals surface area contributed by atoms with Crippen LogP contribution in [0.1, 0.15) is 43.9 Å². The number of ketones is 1. The summed E-state index contributed by atoms with van der Waals surface area (Å²) in [5.74, 6) is 6.45. The molecule has 2 heterocycles. The molecule has 152 valence electrons. The van der Waals surface area contributed by atoms with Crippen molar-refractivity contribution in [1.29, 1.82) is 0 Å². The van der Waals surface area contributed by atoms with E-state index in [1.54, 1.807) is 12.5 Å². The van der Waals surface area contributed by atoms with Gasteiger partial charge in [0.1, 0.15) is 0 Å². The molecule has 0 saturated carbocycles. The molecule has 2 aromatic heterocycles. The maximum absolute atomic E-state index is 12.9. The number of imidazole rings is 1. The summed E-state index contributed by atoms with van der Waals surface area (Å²) in [6.07, 6.45) is 7.51. The molecule has 0 unspecified atom stereocenters. The van der Waals surface area contributed by atoms with Gasteiger partial charge >= 0.3 is 0 Å². The summed E-state index contributed by atoms with van der Waals surface area (Å²) in [5.41, 5.74) is 7.66. The van der Waals surface area contributed by atoms with Gasteiger partial charge in [-0.25, -0.2) is 4.98 Å². The lowest BCUT2D eigenvalue weighted by Gasteiger charge is -2.06. The second-order valence-corrected chi connectivity index (χ2v) is 7.58. The summed E-state index contributed by atoms with van der Waals surface area (Å²) in [7, 11) is 0. The molecule has 2 aromatic carbocycles. The summed E-state index contributed by atoms with van der Waals surface area (Å²) in [5, 5.41) is 0. The first-order valence-corrected chi connectivity index (χ1v) is 10.2. The van der Waals surface area contributed by atoms with Gasteiger partial charge in [0.2, 0.25) is 0 Å². The van der Waals surface area contributed by atoms with E-state index < -0.39 is 0 Å². The van der Waals surface area contributed by atoms with Crippen molar-refractivity contribution < 1.29 is 4.79 Å². The van der Waals surface area contributed by atoms with Crippen molar-refractivity contribution in [2.24, 2.45) is 0 Å². The van der Waals surface area contributed by atoms with E-state index >= 15 is 0 Å². The monoisotopic (exact) mass is 405 g/mol. The highest BCUT2D eigenvalue weighted by Crippen LogP contribution is 2.16. The molecule has 4 rings (SSSR count). The van der Waals surface area contributed by atoms with Crippen molar-refractivity contribution in [3.05, 3.63) is 113 Å². The van der Waals surface area contributed by atoms with Crippen LogP contribution in [-0.2, 0) is 6.42 Å². The van der Waals surface area contributed by atoms with Gasteiger partial charge in [0.05, 0.1) is 6.33 Å². The van der Waals surface area contributed by atoms with Crippen LogP contribution < -0.4 is 0 Å². The van der Waals surface area contributed by atoms with Crippen molar-refractivity contribution in [3.63, 3.8) is 0 Å². The normalized spacial score (nSPS) is 10.4. The fraction of sp³-hybridized carbons (Fsp3) is 0.148. The zero-order valence-corrected chi connectivity index (χ0v) is 17.9. The van der Waals surface area contributed by atoms with Crippen LogP contribution in [0.4, 0.5) is 0 Å². The van der Waals surface area contributed by atoms with Crippen molar-refractivity contribution in [2.45, 2.75) is 27.2 Å². The number of carbonyl (C=O) groups is 1. The number of benzene rings is 2. The number of pyridine rings is 1. The molecule has 0 N–H and O–H groups in total. The average Bonchev–Trinajstić information content (AvgIpc) is 3.32. The second-order valence-electron chi connectivity index (χ2n) is 7.58. The molecule has 0 aliphatic carbocycles. The number of hydrogen-bond donors (Lipinski definition) is 0. The maximum Gasteiger partial charge on any atom is 0.167 e. The highest BCUT2D eigenvalue weighted by molar-refractivity contribution is 5.97. The van der Waals surface area contributed by atoms with Crippen molar-refractivity contribution in [3.8, 4) is 17.5 Å². The van der Waals surface area contributed by atoms with Crippen LogP contribution in [0.5, 0.6) is 0 Å². The minimum absolute atomic E-state index is 0.0652. The van der Waals surface area contributed by atoms with Crippen LogP contribution in [0.3, 0.4) is 0 Å². The number of Topliss-reactive ketones (excluding diaryl/α,β-unsaturated/α-hetero) is 1. The van der Waals surface area contributed by atoms with Crippen molar-refractivity contribution in [2.75, 3.05) is 0 Å². The van der Waals surface area contributed by atoms with Gasteiger partial charge < -0.3 is 4.57 Å². The summed E-state index contributed by atoms with van der Waals surface area (Å²) < 4.78 is 1.92. The molecule has 0 saturated heterocycles. The molecule has 0 radical (unpaired) electrons. The molecule has 4 nitrogen and oxygen atoms in total. The predicted octanol–water partition coefficient (Wildman–Crippen LogP) is 5.02. The number of nitrogens with zero attached hydrogens (tertiary/aromatic N) is 3. The summed E-state index contributed by atoms with van der Waals surface area (Å²) in [6, 6.07) is 15.4. The molecule has 31 heavy (non-hydrogen) atoms. The van der Waals surface area contributed by atoms with E-state index in [0.717, 1.165) is 39.2 Å². The number of hydrogen-bond acceptors (Lipinski definition) is 3. The van der Waals surface area contributed by atoms with E-state index in [0.29, 0.717) is 12.0 Å².